The summed E-state index contributed by atoms with van der Waals surface area (Å²) in [6.45, 7) is 5.97. The number of aromatic nitrogens is 2. The molecule has 2 aliphatic heterocycles. The Morgan fingerprint density at radius 2 is 1.73 bits per heavy atom. The summed E-state index contributed by atoms with van der Waals surface area (Å²) < 4.78 is 77.7. The number of hydrogen-bond donors (Lipinski definition) is 1. The van der Waals surface area contributed by atoms with Crippen molar-refractivity contribution in [2.24, 2.45) is 0 Å². The molecular formula is C29H33F5N6O. The molecule has 41 heavy (non-hydrogen) atoms. The van der Waals surface area contributed by atoms with Crippen molar-refractivity contribution in [3.63, 3.8) is 0 Å². The summed E-state index contributed by atoms with van der Waals surface area (Å²) in [4.78, 5) is 14.0. The number of halogens is 5. The lowest BCUT2D eigenvalue weighted by atomic mass is 10.0. The maximum absolute atomic E-state index is 15.1. The van der Waals surface area contributed by atoms with Crippen molar-refractivity contribution in [3.8, 4) is 17.0 Å². The van der Waals surface area contributed by atoms with E-state index < -0.39 is 29.1 Å². The van der Waals surface area contributed by atoms with Crippen LogP contribution in [0.15, 0.2) is 36.5 Å². The van der Waals surface area contributed by atoms with Crippen molar-refractivity contribution in [3.05, 3.63) is 53.7 Å². The van der Waals surface area contributed by atoms with Crippen molar-refractivity contribution < 1.29 is 26.7 Å². The van der Waals surface area contributed by atoms with Gasteiger partial charge in [0.2, 0.25) is 5.95 Å². The zero-order valence-electron chi connectivity index (χ0n) is 23.4. The molecule has 1 saturated heterocycles. The molecule has 3 heterocycles. The molecule has 0 aliphatic carbocycles. The lowest BCUT2D eigenvalue weighted by molar-refractivity contribution is -0.137. The summed E-state index contributed by atoms with van der Waals surface area (Å²) in [5.74, 6) is -1.43. The predicted molar refractivity (Wildman–Crippen MR) is 149 cm³/mol. The largest absolute Gasteiger partial charge is 0.486 e. The van der Waals surface area contributed by atoms with Gasteiger partial charge >= 0.3 is 6.18 Å². The fourth-order valence-electron chi connectivity index (χ4n) is 5.44. The van der Waals surface area contributed by atoms with Gasteiger partial charge in [-0.1, -0.05) is 0 Å². The van der Waals surface area contributed by atoms with E-state index in [2.05, 4.69) is 20.2 Å². The van der Waals surface area contributed by atoms with Crippen LogP contribution >= 0.6 is 0 Å². The summed E-state index contributed by atoms with van der Waals surface area (Å²) in [7, 11) is 4.07. The number of nitrogens with zero attached hydrogens (tertiary/aromatic N) is 5. The topological polar surface area (TPSA) is 56.8 Å². The molecule has 0 amide bonds. The highest BCUT2D eigenvalue weighted by Crippen LogP contribution is 2.42. The second-order valence-corrected chi connectivity index (χ2v) is 10.9. The molecule has 0 radical (unpaired) electrons. The van der Waals surface area contributed by atoms with E-state index in [1.165, 1.54) is 12.1 Å². The molecule has 12 heteroatoms. The molecule has 0 spiro atoms. The molecule has 2 aliphatic rings. The predicted octanol–water partition coefficient (Wildman–Crippen LogP) is 6.32. The number of piperidine rings is 1. The van der Waals surface area contributed by atoms with E-state index in [-0.39, 0.29) is 35.6 Å². The second-order valence-electron chi connectivity index (χ2n) is 10.9. The standard InChI is InChI=1S/C29H33F5N6O/c1-17(2)40-11-12-41-27-23(31)13-18(14-25(27)40)26-21(29(32,33)34)16-35-28(37-26)36-19-5-6-24(22(30)15-19)39-9-7-20(8-10-39)38(3)4/h5-6,13-17,20H,7-12H2,1-4H3,(H,35,36,37). The highest BCUT2D eigenvalue weighted by molar-refractivity contribution is 5.75. The molecule has 1 aromatic heterocycles. The highest BCUT2D eigenvalue weighted by Gasteiger charge is 2.36. The van der Waals surface area contributed by atoms with E-state index >= 15 is 8.78 Å². The first kappa shape index (κ1) is 28.8. The van der Waals surface area contributed by atoms with Gasteiger partial charge in [0, 0.05) is 42.6 Å². The number of nitrogens with one attached hydrogen (secondary N) is 1. The van der Waals surface area contributed by atoms with Gasteiger partial charge in [-0.25, -0.2) is 18.7 Å². The molecule has 5 rings (SSSR count). The minimum atomic E-state index is -4.79. The van der Waals surface area contributed by atoms with Crippen LogP contribution < -0.4 is 19.9 Å². The van der Waals surface area contributed by atoms with Gasteiger partial charge in [0.05, 0.1) is 23.6 Å². The van der Waals surface area contributed by atoms with Gasteiger partial charge in [0.1, 0.15) is 18.0 Å². The first-order valence-electron chi connectivity index (χ1n) is 13.6. The lowest BCUT2D eigenvalue weighted by Crippen LogP contribution is -2.42. The summed E-state index contributed by atoms with van der Waals surface area (Å²) >= 11 is 0. The van der Waals surface area contributed by atoms with Crippen LogP contribution in [0.25, 0.3) is 11.3 Å². The molecule has 1 N–H and O–H groups in total. The lowest BCUT2D eigenvalue weighted by Gasteiger charge is -2.36. The Labute approximate surface area is 235 Å². The number of rotatable bonds is 6. The minimum absolute atomic E-state index is 0.00355. The van der Waals surface area contributed by atoms with Gasteiger partial charge in [0.25, 0.3) is 0 Å². The Bertz CT molecular complexity index is 1410. The Morgan fingerprint density at radius 1 is 1.00 bits per heavy atom. The SMILES string of the molecule is CC(C)N1CCOc2c(F)cc(-c3nc(Nc4ccc(N5CCC(N(C)C)CC5)c(F)c4)ncc3C(F)(F)F)cc21. The average molecular weight is 577 g/mol. The average Bonchev–Trinajstić information content (AvgIpc) is 2.92. The monoisotopic (exact) mass is 576 g/mol. The van der Waals surface area contributed by atoms with Gasteiger partial charge in [-0.3, -0.25) is 0 Å². The van der Waals surface area contributed by atoms with Crippen LogP contribution in [0, 0.1) is 11.6 Å². The van der Waals surface area contributed by atoms with E-state index in [0.717, 1.165) is 18.9 Å². The van der Waals surface area contributed by atoms with E-state index in [1.54, 1.807) is 12.1 Å². The highest BCUT2D eigenvalue weighted by atomic mass is 19.4. The molecular weight excluding hydrogens is 543 g/mol. The van der Waals surface area contributed by atoms with Crippen molar-refractivity contribution in [2.45, 2.75) is 44.9 Å². The Hall–Kier alpha value is -3.67. The van der Waals surface area contributed by atoms with Crippen molar-refractivity contribution >= 4 is 23.0 Å². The first-order chi connectivity index (χ1) is 19.4. The van der Waals surface area contributed by atoms with Gasteiger partial charge in [-0.05, 0) is 71.1 Å². The van der Waals surface area contributed by atoms with Crippen molar-refractivity contribution in [1.29, 1.82) is 0 Å². The van der Waals surface area contributed by atoms with Crippen LogP contribution in [0.4, 0.5) is 45.0 Å². The number of hydrogen-bond acceptors (Lipinski definition) is 7. The summed E-state index contributed by atoms with van der Waals surface area (Å²) in [5.41, 5.74) is -0.586. The molecule has 220 valence electrons. The maximum atomic E-state index is 15.1. The Balaban J connectivity index is 1.45. The Kier molecular flexibility index (Phi) is 7.95. The number of benzene rings is 2. The normalized spacial score (nSPS) is 16.3. The zero-order chi connectivity index (χ0) is 29.5. The second kappa shape index (κ2) is 11.3. The number of anilines is 4. The third-order valence-corrected chi connectivity index (χ3v) is 7.64. The third-order valence-electron chi connectivity index (χ3n) is 7.64. The molecule has 0 saturated carbocycles. The first-order valence-corrected chi connectivity index (χ1v) is 13.6. The summed E-state index contributed by atoms with van der Waals surface area (Å²) in [6, 6.07) is 7.39. The fraction of sp³-hybridized carbons (Fsp3) is 0.448. The van der Waals surface area contributed by atoms with Crippen molar-refractivity contribution in [1.82, 2.24) is 14.9 Å². The molecule has 3 aromatic rings. The van der Waals surface area contributed by atoms with Gasteiger partial charge in [-0.2, -0.15) is 13.2 Å². The van der Waals surface area contributed by atoms with Gasteiger partial charge in [-0.15, -0.1) is 0 Å². The molecule has 2 aromatic carbocycles. The number of ether oxygens (including phenoxy) is 1. The molecule has 0 bridgehead atoms. The van der Waals surface area contributed by atoms with E-state index in [4.69, 9.17) is 4.74 Å². The van der Waals surface area contributed by atoms with Crippen molar-refractivity contribution in [2.75, 3.05) is 55.5 Å². The smallest absolute Gasteiger partial charge is 0.419 e. The zero-order valence-corrected chi connectivity index (χ0v) is 23.4. The van der Waals surface area contributed by atoms with E-state index in [9.17, 15) is 13.2 Å². The third kappa shape index (κ3) is 6.02. The van der Waals surface area contributed by atoms with Gasteiger partial charge in [0.15, 0.2) is 11.6 Å². The summed E-state index contributed by atoms with van der Waals surface area (Å²) in [6.07, 6.45) is -2.31. The number of fused-ring (bicyclic) bond motifs is 1. The molecule has 0 unspecified atom stereocenters. The molecule has 7 nitrogen and oxygen atoms in total. The molecule has 0 atom stereocenters. The van der Waals surface area contributed by atoms with Crippen LogP contribution in [-0.4, -0.2) is 67.3 Å². The van der Waals surface area contributed by atoms with Crippen LogP contribution in [0.1, 0.15) is 32.3 Å². The molecule has 1 fully saturated rings. The van der Waals surface area contributed by atoms with Crippen LogP contribution in [0.2, 0.25) is 0 Å². The summed E-state index contributed by atoms with van der Waals surface area (Å²) in [5, 5.41) is 2.81. The van der Waals surface area contributed by atoms with Crippen LogP contribution in [0.3, 0.4) is 0 Å². The quantitative estimate of drug-likeness (QED) is 0.345. The minimum Gasteiger partial charge on any atom is -0.486 e. The van der Waals surface area contributed by atoms with Crippen LogP contribution in [0.5, 0.6) is 5.75 Å². The number of alkyl halides is 3. The maximum Gasteiger partial charge on any atom is 0.419 e. The fourth-order valence-corrected chi connectivity index (χ4v) is 5.44. The van der Waals surface area contributed by atoms with Crippen LogP contribution in [-0.2, 0) is 6.18 Å². The van der Waals surface area contributed by atoms with E-state index in [0.29, 0.717) is 43.2 Å². The Morgan fingerprint density at radius 3 is 2.37 bits per heavy atom. The van der Waals surface area contributed by atoms with Gasteiger partial charge < -0.3 is 24.8 Å². The van der Waals surface area contributed by atoms with E-state index in [1.807, 2.05) is 37.7 Å².